The van der Waals surface area contributed by atoms with Gasteiger partial charge in [0.15, 0.2) is 0 Å². The van der Waals surface area contributed by atoms with E-state index in [0.717, 1.165) is 28.6 Å². The van der Waals surface area contributed by atoms with E-state index in [9.17, 15) is 14.7 Å². The number of halogens is 2. The number of hydrogen-bond acceptors (Lipinski definition) is 5. The third kappa shape index (κ3) is 5.80. The molecule has 2 heterocycles. The SMILES string of the molecule is CC(C)(C)[C@@H](C(=O)N1C[C@H](O)C[C@H]1C(=O)NCCc1cc(Cl)cc(Br)c1)n1cc(C2CC2)nn1. The topological polar surface area (TPSA) is 100 Å². The first-order valence-corrected chi connectivity index (χ1v) is 12.8. The number of amides is 2. The van der Waals surface area contributed by atoms with Crippen LogP contribution in [0.4, 0.5) is 0 Å². The molecule has 1 aromatic carbocycles. The van der Waals surface area contributed by atoms with E-state index in [0.29, 0.717) is 23.9 Å². The molecule has 1 saturated heterocycles. The van der Waals surface area contributed by atoms with Gasteiger partial charge in [0.2, 0.25) is 11.8 Å². The van der Waals surface area contributed by atoms with Gasteiger partial charge in [-0.1, -0.05) is 53.5 Å². The molecule has 184 valence electrons. The monoisotopic (exact) mass is 551 g/mol. The molecule has 10 heteroatoms. The van der Waals surface area contributed by atoms with Crippen LogP contribution in [-0.2, 0) is 16.0 Å². The van der Waals surface area contributed by atoms with E-state index in [1.165, 1.54) is 4.90 Å². The van der Waals surface area contributed by atoms with Crippen LogP contribution in [0.2, 0.25) is 5.02 Å². The maximum Gasteiger partial charge on any atom is 0.248 e. The summed E-state index contributed by atoms with van der Waals surface area (Å²) in [6.45, 7) is 6.43. The number of carbonyl (C=O) groups is 2. The molecule has 8 nitrogen and oxygen atoms in total. The molecule has 2 amide bonds. The zero-order chi connectivity index (χ0) is 24.6. The van der Waals surface area contributed by atoms with Gasteiger partial charge in [0.25, 0.3) is 0 Å². The zero-order valence-electron chi connectivity index (χ0n) is 19.7. The van der Waals surface area contributed by atoms with E-state index < -0.39 is 23.6 Å². The summed E-state index contributed by atoms with van der Waals surface area (Å²) < 4.78 is 2.51. The first-order valence-electron chi connectivity index (χ1n) is 11.7. The van der Waals surface area contributed by atoms with Crippen molar-refractivity contribution in [2.24, 2.45) is 5.41 Å². The van der Waals surface area contributed by atoms with Crippen molar-refractivity contribution in [2.75, 3.05) is 13.1 Å². The van der Waals surface area contributed by atoms with E-state index >= 15 is 0 Å². The number of β-amino-alcohol motifs (C(OH)–C–C–N with tert-alkyl or cyclic N) is 1. The summed E-state index contributed by atoms with van der Waals surface area (Å²) in [6.07, 6.45) is 4.11. The fourth-order valence-corrected chi connectivity index (χ4v) is 5.46. The lowest BCUT2D eigenvalue weighted by molar-refractivity contribution is -0.144. The van der Waals surface area contributed by atoms with E-state index in [2.05, 4.69) is 31.6 Å². The second kappa shape index (κ2) is 9.95. The van der Waals surface area contributed by atoms with Gasteiger partial charge in [-0.25, -0.2) is 4.68 Å². The van der Waals surface area contributed by atoms with Crippen LogP contribution >= 0.6 is 27.5 Å². The van der Waals surface area contributed by atoms with Crippen LogP contribution in [-0.4, -0.2) is 62.0 Å². The summed E-state index contributed by atoms with van der Waals surface area (Å²) in [6, 6.07) is 4.26. The molecule has 2 N–H and O–H groups in total. The van der Waals surface area contributed by atoms with Gasteiger partial charge < -0.3 is 15.3 Å². The first kappa shape index (κ1) is 25.1. The van der Waals surface area contributed by atoms with Crippen LogP contribution in [0.25, 0.3) is 0 Å². The van der Waals surface area contributed by atoms with Gasteiger partial charge in [-0.15, -0.1) is 5.10 Å². The van der Waals surface area contributed by atoms with Gasteiger partial charge in [0.1, 0.15) is 12.1 Å². The number of likely N-dealkylation sites (tertiary alicyclic amines) is 1. The number of carbonyl (C=O) groups excluding carboxylic acids is 2. The smallest absolute Gasteiger partial charge is 0.248 e. The molecule has 1 aliphatic carbocycles. The van der Waals surface area contributed by atoms with Gasteiger partial charge in [-0.2, -0.15) is 0 Å². The lowest BCUT2D eigenvalue weighted by Gasteiger charge is -2.34. The Balaban J connectivity index is 1.46. The summed E-state index contributed by atoms with van der Waals surface area (Å²) in [5, 5.41) is 22.4. The van der Waals surface area contributed by atoms with Crippen molar-refractivity contribution >= 4 is 39.3 Å². The van der Waals surface area contributed by atoms with Crippen LogP contribution in [0.15, 0.2) is 28.9 Å². The maximum atomic E-state index is 13.7. The van der Waals surface area contributed by atoms with Gasteiger partial charge in [0.05, 0.1) is 11.8 Å². The molecule has 1 saturated carbocycles. The van der Waals surface area contributed by atoms with Crippen molar-refractivity contribution < 1.29 is 14.7 Å². The van der Waals surface area contributed by atoms with Crippen molar-refractivity contribution in [3.8, 4) is 0 Å². The molecule has 0 bridgehead atoms. The third-order valence-corrected chi connectivity index (χ3v) is 7.02. The molecule has 2 aromatic rings. The fourth-order valence-electron chi connectivity index (χ4n) is 4.53. The second-order valence-electron chi connectivity index (χ2n) is 10.4. The average Bonchev–Trinajstić information content (AvgIpc) is 3.34. The number of nitrogens with one attached hydrogen (secondary N) is 1. The first-order chi connectivity index (χ1) is 16.0. The summed E-state index contributed by atoms with van der Waals surface area (Å²) in [5.74, 6) is -0.0668. The Hall–Kier alpha value is -1.97. The van der Waals surface area contributed by atoms with Crippen LogP contribution in [0.3, 0.4) is 0 Å². The Bertz CT molecular complexity index is 1040. The average molecular weight is 553 g/mol. The largest absolute Gasteiger partial charge is 0.391 e. The number of rotatable bonds is 7. The molecule has 1 aliphatic heterocycles. The number of aliphatic hydroxyl groups excluding tert-OH is 1. The van der Waals surface area contributed by atoms with Gasteiger partial charge in [0, 0.05) is 41.1 Å². The Labute approximate surface area is 213 Å². The highest BCUT2D eigenvalue weighted by Crippen LogP contribution is 2.40. The molecule has 0 unspecified atom stereocenters. The van der Waals surface area contributed by atoms with E-state index in [-0.39, 0.29) is 24.8 Å². The minimum Gasteiger partial charge on any atom is -0.391 e. The van der Waals surface area contributed by atoms with Crippen LogP contribution in [0, 0.1) is 5.41 Å². The molecule has 3 atom stereocenters. The Kier molecular flexibility index (Phi) is 7.36. The Morgan fingerprint density at radius 1 is 1.29 bits per heavy atom. The zero-order valence-corrected chi connectivity index (χ0v) is 22.0. The molecular weight excluding hydrogens is 522 g/mol. The molecule has 1 aromatic heterocycles. The highest BCUT2D eigenvalue weighted by molar-refractivity contribution is 9.10. The number of aromatic nitrogens is 3. The summed E-state index contributed by atoms with van der Waals surface area (Å²) >= 11 is 9.53. The molecular formula is C24H31BrClN5O3. The number of hydrogen-bond donors (Lipinski definition) is 2. The Morgan fingerprint density at radius 2 is 2.03 bits per heavy atom. The van der Waals surface area contributed by atoms with Crippen LogP contribution in [0.5, 0.6) is 0 Å². The molecule has 4 rings (SSSR count). The van der Waals surface area contributed by atoms with E-state index in [4.69, 9.17) is 11.6 Å². The van der Waals surface area contributed by atoms with Crippen LogP contribution < -0.4 is 5.32 Å². The second-order valence-corrected chi connectivity index (χ2v) is 11.7. The summed E-state index contributed by atoms with van der Waals surface area (Å²) in [5.41, 5.74) is 1.44. The molecule has 0 radical (unpaired) electrons. The highest BCUT2D eigenvalue weighted by Gasteiger charge is 2.45. The lowest BCUT2D eigenvalue weighted by atomic mass is 9.85. The quantitative estimate of drug-likeness (QED) is 0.548. The van der Waals surface area contributed by atoms with Crippen molar-refractivity contribution in [1.82, 2.24) is 25.2 Å². The Morgan fingerprint density at radius 3 is 2.68 bits per heavy atom. The third-order valence-electron chi connectivity index (χ3n) is 6.34. The standard InChI is InChI=1S/C24H31BrClN5O3/c1-24(2,3)21(31-13-19(28-29-31)15-4-5-15)23(34)30-12-18(32)11-20(30)22(33)27-7-6-14-8-16(25)10-17(26)9-14/h8-10,13,15,18,20-21,32H,4-7,11-12H2,1-3H3,(H,27,33)/t18-,20+,21-/m1/s1. The minimum atomic E-state index is -0.748. The van der Waals surface area contributed by atoms with Crippen molar-refractivity contribution in [3.63, 3.8) is 0 Å². The molecule has 2 aliphatic rings. The fraction of sp³-hybridized carbons (Fsp3) is 0.583. The normalized spacial score (nSPS) is 21.5. The molecule has 34 heavy (non-hydrogen) atoms. The molecule has 0 spiro atoms. The van der Waals surface area contributed by atoms with Gasteiger partial charge in [-0.3, -0.25) is 9.59 Å². The van der Waals surface area contributed by atoms with E-state index in [1.54, 1.807) is 10.7 Å². The number of aliphatic hydroxyl groups is 1. The number of nitrogens with zero attached hydrogens (tertiary/aromatic N) is 4. The van der Waals surface area contributed by atoms with Crippen molar-refractivity contribution in [3.05, 3.63) is 45.1 Å². The molecule has 2 fully saturated rings. The summed E-state index contributed by atoms with van der Waals surface area (Å²) in [4.78, 5) is 28.3. The maximum absolute atomic E-state index is 13.7. The van der Waals surface area contributed by atoms with Crippen molar-refractivity contribution in [2.45, 2.75) is 70.6 Å². The summed E-state index contributed by atoms with van der Waals surface area (Å²) in [7, 11) is 0. The van der Waals surface area contributed by atoms with Crippen LogP contribution in [0.1, 0.15) is 63.3 Å². The lowest BCUT2D eigenvalue weighted by Crippen LogP contribution is -2.50. The predicted molar refractivity (Wildman–Crippen MR) is 132 cm³/mol. The van der Waals surface area contributed by atoms with Gasteiger partial charge in [-0.05, 0) is 48.4 Å². The highest BCUT2D eigenvalue weighted by atomic mass is 79.9. The van der Waals surface area contributed by atoms with E-state index in [1.807, 2.05) is 39.1 Å². The predicted octanol–water partition coefficient (Wildman–Crippen LogP) is 3.48. The number of benzene rings is 1. The van der Waals surface area contributed by atoms with Crippen molar-refractivity contribution in [1.29, 1.82) is 0 Å². The minimum absolute atomic E-state index is 0.120. The van der Waals surface area contributed by atoms with Gasteiger partial charge >= 0.3 is 0 Å².